The molecule has 0 saturated carbocycles. The molecule has 0 radical (unpaired) electrons. The van der Waals surface area contributed by atoms with Gasteiger partial charge < -0.3 is 4.74 Å². The first-order chi connectivity index (χ1) is 10.2. The van der Waals surface area contributed by atoms with Crippen molar-refractivity contribution in [3.8, 4) is 5.75 Å². The number of hydrogen-bond acceptors (Lipinski definition) is 4. The molecule has 0 amide bonds. The lowest BCUT2D eigenvalue weighted by Crippen LogP contribution is -2.11. The molecule has 0 aliphatic rings. The largest absolute Gasteiger partial charge is 0.421 e. The maximum Gasteiger partial charge on any atom is 0.345 e. The molecule has 0 N–H and O–H groups in total. The van der Waals surface area contributed by atoms with Crippen LogP contribution >= 0.6 is 34.8 Å². The molecule has 0 aromatic heterocycles. The minimum Gasteiger partial charge on any atom is -0.421 e. The lowest BCUT2D eigenvalue weighted by Gasteiger charge is -2.09. The van der Waals surface area contributed by atoms with Crippen molar-refractivity contribution in [3.63, 3.8) is 0 Å². The Morgan fingerprint density at radius 1 is 1.00 bits per heavy atom. The summed E-state index contributed by atoms with van der Waals surface area (Å²) in [6.45, 7) is 0. The topological polar surface area (TPSA) is 60.4 Å². The Bertz CT molecular complexity index is 847. The molecule has 22 heavy (non-hydrogen) atoms. The molecule has 0 unspecified atom stereocenters. The third kappa shape index (κ3) is 3.93. The highest BCUT2D eigenvalue weighted by Gasteiger charge is 2.18. The standard InChI is InChI=1S/C14H9Cl3O4S/c1-22(19,20)9-3-4-11(16)10(7-9)14(18)21-13-5-2-8(15)6-12(13)17/h2-7H,1H3. The van der Waals surface area contributed by atoms with Gasteiger partial charge in [-0.15, -0.1) is 0 Å². The summed E-state index contributed by atoms with van der Waals surface area (Å²) < 4.78 is 28.2. The van der Waals surface area contributed by atoms with Crippen LogP contribution in [0.4, 0.5) is 0 Å². The number of benzene rings is 2. The van der Waals surface area contributed by atoms with Gasteiger partial charge in [0.1, 0.15) is 5.75 Å². The molecule has 4 nitrogen and oxygen atoms in total. The summed E-state index contributed by atoms with van der Waals surface area (Å²) in [6.07, 6.45) is 1.03. The SMILES string of the molecule is CS(=O)(=O)c1ccc(Cl)c(C(=O)Oc2ccc(Cl)cc2Cl)c1. The molecule has 0 aliphatic heterocycles. The van der Waals surface area contributed by atoms with Crippen LogP contribution in [0.25, 0.3) is 0 Å². The summed E-state index contributed by atoms with van der Waals surface area (Å²) >= 11 is 17.6. The van der Waals surface area contributed by atoms with Gasteiger partial charge in [-0.1, -0.05) is 34.8 Å². The molecule has 2 aromatic carbocycles. The van der Waals surface area contributed by atoms with Gasteiger partial charge in [0.2, 0.25) is 0 Å². The van der Waals surface area contributed by atoms with Crippen molar-refractivity contribution in [2.45, 2.75) is 4.90 Å². The van der Waals surface area contributed by atoms with Crippen LogP contribution < -0.4 is 4.74 Å². The van der Waals surface area contributed by atoms with Crippen molar-refractivity contribution in [3.05, 3.63) is 57.0 Å². The first kappa shape index (κ1) is 17.1. The predicted octanol–water partition coefficient (Wildman–Crippen LogP) is 4.27. The summed E-state index contributed by atoms with van der Waals surface area (Å²) in [7, 11) is -3.47. The molecule has 0 fully saturated rings. The number of esters is 1. The van der Waals surface area contributed by atoms with E-state index >= 15 is 0 Å². The second-order valence-corrected chi connectivity index (χ2v) is 7.64. The second kappa shape index (κ2) is 6.46. The highest BCUT2D eigenvalue weighted by molar-refractivity contribution is 7.90. The highest BCUT2D eigenvalue weighted by atomic mass is 35.5. The van der Waals surface area contributed by atoms with Crippen molar-refractivity contribution in [2.75, 3.05) is 6.26 Å². The van der Waals surface area contributed by atoms with Crippen LogP contribution in [-0.2, 0) is 9.84 Å². The third-order valence-corrected chi connectivity index (χ3v) is 4.65. The summed E-state index contributed by atoms with van der Waals surface area (Å²) in [5.41, 5.74) is -0.0735. The molecule has 0 bridgehead atoms. The fraction of sp³-hybridized carbons (Fsp3) is 0.0714. The van der Waals surface area contributed by atoms with Gasteiger partial charge in [-0.3, -0.25) is 0 Å². The van der Waals surface area contributed by atoms with Gasteiger partial charge in [-0.2, -0.15) is 0 Å². The van der Waals surface area contributed by atoms with Gasteiger partial charge >= 0.3 is 5.97 Å². The number of ether oxygens (including phenoxy) is 1. The number of hydrogen-bond donors (Lipinski definition) is 0. The molecule has 0 saturated heterocycles. The maximum absolute atomic E-state index is 12.2. The van der Waals surface area contributed by atoms with Crippen molar-refractivity contribution < 1.29 is 17.9 Å². The fourth-order valence-corrected chi connectivity index (χ4v) is 2.89. The Kier molecular flexibility index (Phi) is 5.02. The molecular formula is C14H9Cl3O4S. The van der Waals surface area contributed by atoms with E-state index in [1.807, 2.05) is 0 Å². The smallest absolute Gasteiger partial charge is 0.345 e. The van der Waals surface area contributed by atoms with E-state index in [4.69, 9.17) is 39.5 Å². The van der Waals surface area contributed by atoms with E-state index in [0.717, 1.165) is 12.3 Å². The van der Waals surface area contributed by atoms with Crippen LogP contribution in [0.3, 0.4) is 0 Å². The van der Waals surface area contributed by atoms with Gasteiger partial charge in [-0.25, -0.2) is 13.2 Å². The number of carbonyl (C=O) groups is 1. The van der Waals surface area contributed by atoms with E-state index < -0.39 is 15.8 Å². The summed E-state index contributed by atoms with van der Waals surface area (Å²) in [5, 5.41) is 0.612. The number of sulfone groups is 1. The monoisotopic (exact) mass is 378 g/mol. The van der Waals surface area contributed by atoms with Gasteiger partial charge in [0.25, 0.3) is 0 Å². The summed E-state index contributed by atoms with van der Waals surface area (Å²) in [6, 6.07) is 8.13. The Morgan fingerprint density at radius 3 is 2.27 bits per heavy atom. The Morgan fingerprint density at radius 2 is 1.68 bits per heavy atom. The van der Waals surface area contributed by atoms with Gasteiger partial charge in [-0.05, 0) is 36.4 Å². The zero-order valence-corrected chi connectivity index (χ0v) is 14.2. The molecule has 8 heteroatoms. The van der Waals surface area contributed by atoms with Crippen molar-refractivity contribution in [1.29, 1.82) is 0 Å². The minimum absolute atomic E-state index is 0.0361. The van der Waals surface area contributed by atoms with Crippen molar-refractivity contribution in [1.82, 2.24) is 0 Å². The fourth-order valence-electron chi connectivity index (χ4n) is 1.60. The average Bonchev–Trinajstić information content (AvgIpc) is 2.41. The molecular weight excluding hydrogens is 371 g/mol. The zero-order valence-electron chi connectivity index (χ0n) is 11.1. The summed E-state index contributed by atoms with van der Waals surface area (Å²) in [5.74, 6) is -0.725. The first-order valence-electron chi connectivity index (χ1n) is 5.85. The number of halogens is 3. The van der Waals surface area contributed by atoms with Gasteiger partial charge in [0, 0.05) is 11.3 Å². The lowest BCUT2D eigenvalue weighted by atomic mass is 10.2. The molecule has 0 atom stereocenters. The Balaban J connectivity index is 2.37. The van der Waals surface area contributed by atoms with Crippen molar-refractivity contribution >= 4 is 50.6 Å². The zero-order chi connectivity index (χ0) is 16.5. The molecule has 2 rings (SSSR count). The van der Waals surface area contributed by atoms with Crippen LogP contribution in [0, 0.1) is 0 Å². The van der Waals surface area contributed by atoms with Gasteiger partial charge in [0.15, 0.2) is 9.84 Å². The maximum atomic E-state index is 12.2. The van der Waals surface area contributed by atoms with E-state index in [1.54, 1.807) is 0 Å². The third-order valence-electron chi connectivity index (χ3n) is 2.68. The number of rotatable bonds is 3. The van der Waals surface area contributed by atoms with E-state index in [0.29, 0.717) is 5.02 Å². The molecule has 0 heterocycles. The Labute approximate surface area is 142 Å². The van der Waals surface area contributed by atoms with E-state index in [1.165, 1.54) is 30.3 Å². The lowest BCUT2D eigenvalue weighted by molar-refractivity contribution is 0.0735. The predicted molar refractivity (Wildman–Crippen MR) is 86.0 cm³/mol. The number of carbonyl (C=O) groups excluding carboxylic acids is 1. The van der Waals surface area contributed by atoms with Crippen LogP contribution in [0.2, 0.25) is 15.1 Å². The van der Waals surface area contributed by atoms with E-state index in [-0.39, 0.29) is 26.3 Å². The van der Waals surface area contributed by atoms with Crippen molar-refractivity contribution in [2.24, 2.45) is 0 Å². The molecule has 2 aromatic rings. The highest BCUT2D eigenvalue weighted by Crippen LogP contribution is 2.29. The van der Waals surface area contributed by atoms with Crippen LogP contribution in [-0.4, -0.2) is 20.6 Å². The molecule has 0 spiro atoms. The van der Waals surface area contributed by atoms with Crippen LogP contribution in [0.15, 0.2) is 41.3 Å². The first-order valence-corrected chi connectivity index (χ1v) is 8.88. The quantitative estimate of drug-likeness (QED) is 0.590. The normalized spacial score (nSPS) is 11.3. The van der Waals surface area contributed by atoms with E-state index in [9.17, 15) is 13.2 Å². The Hall–Kier alpha value is -1.27. The van der Waals surface area contributed by atoms with Gasteiger partial charge in [0.05, 0.1) is 20.5 Å². The average molecular weight is 380 g/mol. The van der Waals surface area contributed by atoms with Crippen LogP contribution in [0.1, 0.15) is 10.4 Å². The molecule has 116 valence electrons. The molecule has 0 aliphatic carbocycles. The minimum atomic E-state index is -3.47. The van der Waals surface area contributed by atoms with Crippen LogP contribution in [0.5, 0.6) is 5.75 Å². The van der Waals surface area contributed by atoms with E-state index in [2.05, 4.69) is 0 Å². The summed E-state index contributed by atoms with van der Waals surface area (Å²) in [4.78, 5) is 12.1. The second-order valence-electron chi connectivity index (χ2n) is 4.38.